The number of rotatable bonds is 3. The predicted molar refractivity (Wildman–Crippen MR) is 66.9 cm³/mol. The van der Waals surface area contributed by atoms with Crippen molar-refractivity contribution in [2.75, 3.05) is 20.2 Å². The Morgan fingerprint density at radius 3 is 3.00 bits per heavy atom. The molecule has 1 aromatic rings. The molecule has 2 rings (SSSR count). The van der Waals surface area contributed by atoms with Gasteiger partial charge < -0.3 is 10.1 Å². The first-order valence-corrected chi connectivity index (χ1v) is 6.23. The summed E-state index contributed by atoms with van der Waals surface area (Å²) in [5, 5.41) is 3.46. The van der Waals surface area contributed by atoms with Gasteiger partial charge in [-0.15, -0.1) is 0 Å². The predicted octanol–water partition coefficient (Wildman–Crippen LogP) is 2.63. The van der Waals surface area contributed by atoms with E-state index in [1.54, 1.807) is 7.11 Å². The largest absolute Gasteiger partial charge is 0.496 e. The van der Waals surface area contributed by atoms with E-state index in [2.05, 4.69) is 23.5 Å². The van der Waals surface area contributed by atoms with Crippen molar-refractivity contribution in [3.8, 4) is 5.75 Å². The average molecular weight is 219 g/mol. The fourth-order valence-corrected chi connectivity index (χ4v) is 2.48. The zero-order valence-electron chi connectivity index (χ0n) is 10.0. The SMILES string of the molecule is COc1ccccc1CC1CCCNCC1. The first-order chi connectivity index (χ1) is 7.90. The molecule has 1 heterocycles. The Balaban J connectivity index is 2.01. The number of methoxy groups -OCH3 is 1. The number of ether oxygens (including phenoxy) is 1. The third kappa shape index (κ3) is 2.99. The molecular weight excluding hydrogens is 198 g/mol. The maximum Gasteiger partial charge on any atom is 0.122 e. The number of benzene rings is 1. The van der Waals surface area contributed by atoms with Crippen LogP contribution in [0.3, 0.4) is 0 Å². The van der Waals surface area contributed by atoms with Crippen LogP contribution in [0.15, 0.2) is 24.3 Å². The van der Waals surface area contributed by atoms with Crippen molar-refractivity contribution >= 4 is 0 Å². The molecule has 2 heteroatoms. The van der Waals surface area contributed by atoms with Crippen LogP contribution in [0.4, 0.5) is 0 Å². The number of para-hydroxylation sites is 1. The summed E-state index contributed by atoms with van der Waals surface area (Å²) in [5.74, 6) is 1.85. The number of nitrogens with one attached hydrogen (secondary N) is 1. The second-order valence-corrected chi connectivity index (χ2v) is 4.56. The van der Waals surface area contributed by atoms with Crippen LogP contribution in [0.1, 0.15) is 24.8 Å². The van der Waals surface area contributed by atoms with E-state index >= 15 is 0 Å². The molecule has 1 N–H and O–H groups in total. The zero-order valence-corrected chi connectivity index (χ0v) is 10.0. The lowest BCUT2D eigenvalue weighted by Gasteiger charge is -2.15. The molecule has 2 nitrogen and oxygen atoms in total. The van der Waals surface area contributed by atoms with Crippen LogP contribution in [-0.2, 0) is 6.42 Å². The van der Waals surface area contributed by atoms with Gasteiger partial charge in [0.05, 0.1) is 7.11 Å². The molecule has 0 radical (unpaired) electrons. The monoisotopic (exact) mass is 219 g/mol. The first kappa shape index (κ1) is 11.5. The van der Waals surface area contributed by atoms with Gasteiger partial charge in [0.15, 0.2) is 0 Å². The zero-order chi connectivity index (χ0) is 11.2. The number of hydrogen-bond donors (Lipinski definition) is 1. The Bertz CT molecular complexity index is 316. The van der Waals surface area contributed by atoms with Gasteiger partial charge in [-0.3, -0.25) is 0 Å². The summed E-state index contributed by atoms with van der Waals surface area (Å²) in [6.07, 6.45) is 5.09. The highest BCUT2D eigenvalue weighted by molar-refractivity contribution is 5.33. The van der Waals surface area contributed by atoms with Gasteiger partial charge in [-0.1, -0.05) is 18.2 Å². The summed E-state index contributed by atoms with van der Waals surface area (Å²) < 4.78 is 5.40. The normalized spacial score (nSPS) is 21.4. The molecular formula is C14H21NO. The van der Waals surface area contributed by atoms with E-state index in [0.29, 0.717) is 0 Å². The Morgan fingerprint density at radius 1 is 1.25 bits per heavy atom. The van der Waals surface area contributed by atoms with Gasteiger partial charge in [-0.2, -0.15) is 0 Å². The van der Waals surface area contributed by atoms with E-state index in [1.165, 1.54) is 37.9 Å². The van der Waals surface area contributed by atoms with Crippen molar-refractivity contribution in [3.63, 3.8) is 0 Å². The van der Waals surface area contributed by atoms with Gasteiger partial charge in [0.1, 0.15) is 5.75 Å². The summed E-state index contributed by atoms with van der Waals surface area (Å²) >= 11 is 0. The van der Waals surface area contributed by atoms with Crippen molar-refractivity contribution in [1.29, 1.82) is 0 Å². The minimum Gasteiger partial charge on any atom is -0.496 e. The minimum atomic E-state index is 0.811. The lowest BCUT2D eigenvalue weighted by Crippen LogP contribution is -2.14. The van der Waals surface area contributed by atoms with Gasteiger partial charge >= 0.3 is 0 Å². The Labute approximate surface area is 98.0 Å². The fourth-order valence-electron chi connectivity index (χ4n) is 2.48. The van der Waals surface area contributed by atoms with Crippen LogP contribution in [-0.4, -0.2) is 20.2 Å². The Morgan fingerprint density at radius 2 is 2.12 bits per heavy atom. The molecule has 0 saturated carbocycles. The Hall–Kier alpha value is -1.02. The summed E-state index contributed by atoms with van der Waals surface area (Å²) in [6.45, 7) is 2.35. The van der Waals surface area contributed by atoms with Crippen molar-refractivity contribution in [3.05, 3.63) is 29.8 Å². The highest BCUT2D eigenvalue weighted by Crippen LogP contribution is 2.25. The van der Waals surface area contributed by atoms with E-state index in [-0.39, 0.29) is 0 Å². The van der Waals surface area contributed by atoms with Gasteiger partial charge in [0.2, 0.25) is 0 Å². The molecule has 1 saturated heterocycles. The molecule has 1 atom stereocenters. The summed E-state index contributed by atoms with van der Waals surface area (Å²) in [6, 6.07) is 8.39. The smallest absolute Gasteiger partial charge is 0.122 e. The van der Waals surface area contributed by atoms with E-state index < -0.39 is 0 Å². The second kappa shape index (κ2) is 5.90. The van der Waals surface area contributed by atoms with Crippen molar-refractivity contribution < 1.29 is 4.74 Å². The molecule has 1 aliphatic heterocycles. The van der Waals surface area contributed by atoms with E-state index in [4.69, 9.17) is 4.74 Å². The maximum absolute atomic E-state index is 5.40. The lowest BCUT2D eigenvalue weighted by atomic mass is 9.92. The molecule has 0 spiro atoms. The van der Waals surface area contributed by atoms with Gasteiger partial charge in [0.25, 0.3) is 0 Å². The van der Waals surface area contributed by atoms with E-state index in [9.17, 15) is 0 Å². The quantitative estimate of drug-likeness (QED) is 0.843. The molecule has 0 amide bonds. The molecule has 0 bridgehead atoms. The molecule has 1 unspecified atom stereocenters. The van der Waals surface area contributed by atoms with Crippen LogP contribution < -0.4 is 10.1 Å². The van der Waals surface area contributed by atoms with Gasteiger partial charge in [-0.25, -0.2) is 0 Å². The molecule has 1 aromatic carbocycles. The fraction of sp³-hybridized carbons (Fsp3) is 0.571. The first-order valence-electron chi connectivity index (χ1n) is 6.23. The third-order valence-electron chi connectivity index (χ3n) is 3.40. The van der Waals surface area contributed by atoms with Crippen molar-refractivity contribution in [1.82, 2.24) is 5.32 Å². The van der Waals surface area contributed by atoms with Crippen LogP contribution >= 0.6 is 0 Å². The standard InChI is InChI=1S/C14H21NO/c1-16-14-7-3-2-6-13(14)11-12-5-4-9-15-10-8-12/h2-3,6-7,12,15H,4-5,8-11H2,1H3. The molecule has 88 valence electrons. The highest BCUT2D eigenvalue weighted by atomic mass is 16.5. The third-order valence-corrected chi connectivity index (χ3v) is 3.40. The van der Waals surface area contributed by atoms with Gasteiger partial charge in [0, 0.05) is 0 Å². The second-order valence-electron chi connectivity index (χ2n) is 4.56. The molecule has 1 fully saturated rings. The molecule has 0 aliphatic carbocycles. The highest BCUT2D eigenvalue weighted by Gasteiger charge is 2.14. The van der Waals surface area contributed by atoms with Crippen molar-refractivity contribution in [2.24, 2.45) is 5.92 Å². The summed E-state index contributed by atoms with van der Waals surface area (Å²) in [7, 11) is 1.76. The van der Waals surface area contributed by atoms with E-state index in [0.717, 1.165) is 18.1 Å². The van der Waals surface area contributed by atoms with Crippen LogP contribution in [0, 0.1) is 5.92 Å². The number of hydrogen-bond acceptors (Lipinski definition) is 2. The lowest BCUT2D eigenvalue weighted by molar-refractivity contribution is 0.399. The maximum atomic E-state index is 5.40. The topological polar surface area (TPSA) is 21.3 Å². The van der Waals surface area contributed by atoms with E-state index in [1.807, 2.05) is 6.07 Å². The minimum absolute atomic E-state index is 0.811. The summed E-state index contributed by atoms with van der Waals surface area (Å²) in [4.78, 5) is 0. The molecule has 0 aromatic heterocycles. The van der Waals surface area contributed by atoms with Crippen LogP contribution in [0.25, 0.3) is 0 Å². The molecule has 16 heavy (non-hydrogen) atoms. The Kier molecular flexibility index (Phi) is 4.23. The van der Waals surface area contributed by atoms with Gasteiger partial charge in [-0.05, 0) is 56.3 Å². The van der Waals surface area contributed by atoms with Crippen LogP contribution in [0.5, 0.6) is 5.75 Å². The summed E-state index contributed by atoms with van der Waals surface area (Å²) in [5.41, 5.74) is 1.36. The van der Waals surface area contributed by atoms with Crippen molar-refractivity contribution in [2.45, 2.75) is 25.7 Å². The molecule has 1 aliphatic rings. The van der Waals surface area contributed by atoms with Crippen LogP contribution in [0.2, 0.25) is 0 Å². The average Bonchev–Trinajstić information content (AvgIpc) is 2.58.